The minimum Gasteiger partial charge on any atom is -0.496 e. The van der Waals surface area contributed by atoms with Gasteiger partial charge in [0, 0.05) is 11.6 Å². The lowest BCUT2D eigenvalue weighted by atomic mass is 9.77. The van der Waals surface area contributed by atoms with Crippen molar-refractivity contribution in [3.63, 3.8) is 0 Å². The van der Waals surface area contributed by atoms with Gasteiger partial charge in [-0.2, -0.15) is 0 Å². The lowest BCUT2D eigenvalue weighted by Gasteiger charge is -2.32. The van der Waals surface area contributed by atoms with E-state index in [0.717, 1.165) is 12.8 Å². The van der Waals surface area contributed by atoms with Crippen molar-refractivity contribution in [2.24, 2.45) is 11.7 Å². The van der Waals surface area contributed by atoms with Crippen LogP contribution in [0.2, 0.25) is 0 Å². The molecule has 2 nitrogen and oxygen atoms in total. The van der Waals surface area contributed by atoms with E-state index in [4.69, 9.17) is 10.5 Å². The van der Waals surface area contributed by atoms with E-state index in [1.165, 1.54) is 12.5 Å². The van der Waals surface area contributed by atoms with E-state index in [0.29, 0.717) is 17.2 Å². The van der Waals surface area contributed by atoms with E-state index in [2.05, 4.69) is 0 Å². The SMILES string of the molecule is COc1cccc(F)c1[C@H](N)C1CCC1. The summed E-state index contributed by atoms with van der Waals surface area (Å²) in [6, 6.07) is 4.62. The van der Waals surface area contributed by atoms with E-state index in [-0.39, 0.29) is 11.9 Å². The quantitative estimate of drug-likeness (QED) is 0.830. The van der Waals surface area contributed by atoms with E-state index in [1.807, 2.05) is 0 Å². The van der Waals surface area contributed by atoms with Gasteiger partial charge in [0.1, 0.15) is 11.6 Å². The Balaban J connectivity index is 2.31. The van der Waals surface area contributed by atoms with Crippen LogP contribution in [-0.4, -0.2) is 7.11 Å². The van der Waals surface area contributed by atoms with Gasteiger partial charge in [-0.05, 0) is 30.9 Å². The van der Waals surface area contributed by atoms with E-state index in [9.17, 15) is 4.39 Å². The first-order valence-corrected chi connectivity index (χ1v) is 5.32. The zero-order chi connectivity index (χ0) is 10.8. The fraction of sp³-hybridized carbons (Fsp3) is 0.500. The maximum Gasteiger partial charge on any atom is 0.131 e. The number of hydrogen-bond donors (Lipinski definition) is 1. The van der Waals surface area contributed by atoms with Crippen LogP contribution >= 0.6 is 0 Å². The Kier molecular flexibility index (Phi) is 2.91. The van der Waals surface area contributed by atoms with Crippen molar-refractivity contribution in [2.45, 2.75) is 25.3 Å². The first-order chi connectivity index (χ1) is 7.24. The van der Waals surface area contributed by atoms with Crippen LogP contribution in [0.5, 0.6) is 5.75 Å². The Labute approximate surface area is 89.2 Å². The van der Waals surface area contributed by atoms with Crippen molar-refractivity contribution in [2.75, 3.05) is 7.11 Å². The van der Waals surface area contributed by atoms with Crippen LogP contribution in [0, 0.1) is 11.7 Å². The summed E-state index contributed by atoms with van der Waals surface area (Å²) in [5, 5.41) is 0. The lowest BCUT2D eigenvalue weighted by Crippen LogP contribution is -2.28. The van der Waals surface area contributed by atoms with Crippen molar-refractivity contribution in [3.8, 4) is 5.75 Å². The van der Waals surface area contributed by atoms with Gasteiger partial charge in [0.15, 0.2) is 0 Å². The largest absolute Gasteiger partial charge is 0.496 e. The smallest absolute Gasteiger partial charge is 0.131 e. The Hall–Kier alpha value is -1.09. The molecule has 1 aromatic carbocycles. The monoisotopic (exact) mass is 209 g/mol. The number of nitrogens with two attached hydrogens (primary N) is 1. The van der Waals surface area contributed by atoms with Crippen LogP contribution in [0.3, 0.4) is 0 Å². The molecule has 1 aromatic rings. The number of benzene rings is 1. The topological polar surface area (TPSA) is 35.2 Å². The minimum atomic E-state index is -0.256. The molecule has 1 atom stereocenters. The molecule has 0 aliphatic heterocycles. The molecule has 3 heteroatoms. The van der Waals surface area contributed by atoms with Gasteiger partial charge in [0.2, 0.25) is 0 Å². The Morgan fingerprint density at radius 2 is 2.20 bits per heavy atom. The summed E-state index contributed by atoms with van der Waals surface area (Å²) in [6.07, 6.45) is 3.40. The summed E-state index contributed by atoms with van der Waals surface area (Å²) >= 11 is 0. The lowest BCUT2D eigenvalue weighted by molar-refractivity contribution is 0.255. The highest BCUT2D eigenvalue weighted by Crippen LogP contribution is 2.40. The number of ether oxygens (including phenoxy) is 1. The number of hydrogen-bond acceptors (Lipinski definition) is 2. The fourth-order valence-corrected chi connectivity index (χ4v) is 2.05. The maximum absolute atomic E-state index is 13.6. The molecule has 0 aromatic heterocycles. The molecule has 0 bridgehead atoms. The van der Waals surface area contributed by atoms with Gasteiger partial charge >= 0.3 is 0 Å². The molecular formula is C12H16FNO. The van der Waals surface area contributed by atoms with Crippen LogP contribution in [0.15, 0.2) is 18.2 Å². The van der Waals surface area contributed by atoms with Gasteiger partial charge in [-0.3, -0.25) is 0 Å². The first-order valence-electron chi connectivity index (χ1n) is 5.32. The summed E-state index contributed by atoms with van der Waals surface area (Å²) < 4.78 is 18.8. The minimum absolute atomic E-state index is 0.227. The van der Waals surface area contributed by atoms with Gasteiger partial charge in [0.25, 0.3) is 0 Å². The zero-order valence-electron chi connectivity index (χ0n) is 8.87. The van der Waals surface area contributed by atoms with Gasteiger partial charge in [0.05, 0.1) is 7.11 Å². The molecule has 82 valence electrons. The Bertz CT molecular complexity index is 349. The third-order valence-corrected chi connectivity index (χ3v) is 3.22. The summed E-state index contributed by atoms with van der Waals surface area (Å²) in [5.41, 5.74) is 6.59. The third-order valence-electron chi connectivity index (χ3n) is 3.22. The summed E-state index contributed by atoms with van der Waals surface area (Å²) in [7, 11) is 1.55. The highest BCUT2D eigenvalue weighted by molar-refractivity contribution is 5.37. The number of methoxy groups -OCH3 is 1. The van der Waals surface area contributed by atoms with Crippen molar-refractivity contribution < 1.29 is 9.13 Å². The van der Waals surface area contributed by atoms with Gasteiger partial charge in [-0.25, -0.2) is 4.39 Å². The second-order valence-electron chi connectivity index (χ2n) is 4.07. The Morgan fingerprint density at radius 3 is 2.73 bits per heavy atom. The zero-order valence-corrected chi connectivity index (χ0v) is 8.87. The second-order valence-corrected chi connectivity index (χ2v) is 4.07. The summed E-state index contributed by atoms with van der Waals surface area (Å²) in [4.78, 5) is 0. The van der Waals surface area contributed by atoms with E-state index < -0.39 is 0 Å². The third kappa shape index (κ3) is 1.84. The molecule has 1 aliphatic carbocycles. The molecule has 0 unspecified atom stereocenters. The Morgan fingerprint density at radius 1 is 1.47 bits per heavy atom. The highest BCUT2D eigenvalue weighted by atomic mass is 19.1. The summed E-state index contributed by atoms with van der Waals surface area (Å²) in [5.74, 6) is 0.721. The standard InChI is InChI=1S/C12H16FNO/c1-15-10-7-3-6-9(13)11(10)12(14)8-4-2-5-8/h3,6-8,12H,2,4-5,14H2,1H3/t12-/m1/s1. The van der Waals surface area contributed by atoms with E-state index >= 15 is 0 Å². The van der Waals surface area contributed by atoms with Gasteiger partial charge in [-0.1, -0.05) is 12.5 Å². The van der Waals surface area contributed by atoms with Crippen molar-refractivity contribution >= 4 is 0 Å². The fourth-order valence-electron chi connectivity index (χ4n) is 2.05. The molecule has 0 heterocycles. The second kappa shape index (κ2) is 4.19. The molecule has 1 fully saturated rings. The molecule has 0 saturated heterocycles. The molecular weight excluding hydrogens is 193 g/mol. The van der Waals surface area contributed by atoms with E-state index in [1.54, 1.807) is 19.2 Å². The molecule has 0 radical (unpaired) electrons. The predicted octanol–water partition coefficient (Wildman–Crippen LogP) is 2.63. The average molecular weight is 209 g/mol. The molecule has 1 aliphatic rings. The number of halogens is 1. The first kappa shape index (κ1) is 10.4. The predicted molar refractivity (Wildman–Crippen MR) is 57.2 cm³/mol. The van der Waals surface area contributed by atoms with Crippen molar-refractivity contribution in [1.29, 1.82) is 0 Å². The van der Waals surface area contributed by atoms with Crippen molar-refractivity contribution in [1.82, 2.24) is 0 Å². The molecule has 0 amide bonds. The van der Waals surface area contributed by atoms with Crippen LogP contribution in [0.4, 0.5) is 4.39 Å². The van der Waals surface area contributed by atoms with Crippen LogP contribution < -0.4 is 10.5 Å². The number of rotatable bonds is 3. The molecule has 0 spiro atoms. The molecule has 2 rings (SSSR count). The van der Waals surface area contributed by atoms with Crippen LogP contribution in [0.25, 0.3) is 0 Å². The summed E-state index contributed by atoms with van der Waals surface area (Å²) in [6.45, 7) is 0. The molecule has 15 heavy (non-hydrogen) atoms. The molecule has 1 saturated carbocycles. The average Bonchev–Trinajstić information content (AvgIpc) is 2.14. The normalized spacial score (nSPS) is 18.3. The van der Waals surface area contributed by atoms with Crippen molar-refractivity contribution in [3.05, 3.63) is 29.6 Å². The molecule has 2 N–H and O–H groups in total. The van der Waals surface area contributed by atoms with Gasteiger partial charge in [-0.15, -0.1) is 0 Å². The highest BCUT2D eigenvalue weighted by Gasteiger charge is 2.29. The van der Waals surface area contributed by atoms with Crippen LogP contribution in [-0.2, 0) is 0 Å². The maximum atomic E-state index is 13.6. The van der Waals surface area contributed by atoms with Gasteiger partial charge < -0.3 is 10.5 Å². The van der Waals surface area contributed by atoms with Crippen LogP contribution in [0.1, 0.15) is 30.9 Å².